The fraction of sp³-hybridized carbons (Fsp3) is 0.143. The molecule has 172 valence electrons. The number of carbonyl (C=O) groups is 1. The Kier molecular flexibility index (Phi) is 5.03. The lowest BCUT2D eigenvalue weighted by molar-refractivity contribution is 0.0467. The van der Waals surface area contributed by atoms with Gasteiger partial charge in [0.15, 0.2) is 5.69 Å². The Morgan fingerprint density at radius 2 is 1.60 bits per heavy atom. The summed E-state index contributed by atoms with van der Waals surface area (Å²) in [6, 6.07) is 21.0. The molecule has 1 aliphatic rings. The molecule has 0 saturated heterocycles. The largest absolute Gasteiger partial charge is 0.456 e. The summed E-state index contributed by atoms with van der Waals surface area (Å²) in [5.41, 5.74) is 3.21. The number of rotatable bonds is 4. The molecular weight excluding hydrogens is 444 g/mol. The number of fused-ring (bicyclic) bond motifs is 3. The van der Waals surface area contributed by atoms with Gasteiger partial charge >= 0.3 is 11.6 Å². The highest BCUT2D eigenvalue weighted by Crippen LogP contribution is 2.29. The summed E-state index contributed by atoms with van der Waals surface area (Å²) in [4.78, 5) is 38.5. The molecule has 7 heteroatoms. The van der Waals surface area contributed by atoms with Crippen LogP contribution in [0.2, 0.25) is 0 Å². The van der Waals surface area contributed by atoms with Crippen LogP contribution < -0.4 is 11.2 Å². The zero-order chi connectivity index (χ0) is 23.9. The molecule has 3 aromatic carbocycles. The Morgan fingerprint density at radius 1 is 0.886 bits per heavy atom. The van der Waals surface area contributed by atoms with Crippen LogP contribution in [0.25, 0.3) is 27.4 Å². The van der Waals surface area contributed by atoms with E-state index in [1.807, 2.05) is 18.2 Å². The minimum atomic E-state index is -0.687. The molecule has 7 nitrogen and oxygen atoms in total. The van der Waals surface area contributed by atoms with Gasteiger partial charge in [-0.3, -0.25) is 4.79 Å². The van der Waals surface area contributed by atoms with E-state index < -0.39 is 11.6 Å². The quantitative estimate of drug-likeness (QED) is 0.290. The van der Waals surface area contributed by atoms with Crippen LogP contribution in [-0.2, 0) is 24.2 Å². The second-order valence-corrected chi connectivity index (χ2v) is 8.58. The zero-order valence-electron chi connectivity index (χ0n) is 18.7. The van der Waals surface area contributed by atoms with Crippen LogP contribution >= 0.6 is 0 Å². The van der Waals surface area contributed by atoms with E-state index >= 15 is 0 Å². The summed E-state index contributed by atoms with van der Waals surface area (Å²) >= 11 is 0. The van der Waals surface area contributed by atoms with Crippen LogP contribution in [0.5, 0.6) is 0 Å². The lowest BCUT2D eigenvalue weighted by atomic mass is 10.0. The smallest absolute Gasteiger partial charge is 0.359 e. The fourth-order valence-electron chi connectivity index (χ4n) is 4.71. The Balaban J connectivity index is 1.40. The number of hydrogen-bond acceptors (Lipinski definition) is 6. The highest BCUT2D eigenvalue weighted by molar-refractivity contribution is 6.02. The van der Waals surface area contributed by atoms with Crippen molar-refractivity contribution in [2.45, 2.75) is 25.9 Å². The van der Waals surface area contributed by atoms with Gasteiger partial charge in [0.25, 0.3) is 5.56 Å². The standard InChI is InChI=1S/C28H20N2O5/c31-25-15-19(23-13-17-7-6-8-18(17)14-24(23)35-25)16-34-28(33)26-21-11-4-5-12-22(21)27(32)30(29-26)20-9-2-1-3-10-20/h1-5,9-15H,6-8,16H2. The predicted octanol–water partition coefficient (Wildman–Crippen LogP) is 4.34. The Labute approximate surface area is 199 Å². The number of nitrogens with zero attached hydrogens (tertiary/aromatic N) is 2. The molecule has 0 radical (unpaired) electrons. The van der Waals surface area contributed by atoms with Crippen molar-refractivity contribution in [1.82, 2.24) is 9.78 Å². The summed E-state index contributed by atoms with van der Waals surface area (Å²) in [7, 11) is 0. The Hall–Kier alpha value is -4.52. The van der Waals surface area contributed by atoms with Gasteiger partial charge in [-0.1, -0.05) is 36.4 Å². The molecule has 0 unspecified atom stereocenters. The normalized spacial score (nSPS) is 12.7. The lowest BCUT2D eigenvalue weighted by Crippen LogP contribution is -2.25. The van der Waals surface area contributed by atoms with Gasteiger partial charge in [-0.25, -0.2) is 9.59 Å². The molecule has 0 fully saturated rings. The SMILES string of the molecule is O=C(OCc1cc(=O)oc2cc3c(cc12)CCC3)c1nn(-c2ccccc2)c(=O)c2ccccc12. The Morgan fingerprint density at radius 3 is 2.40 bits per heavy atom. The van der Waals surface area contributed by atoms with Crippen molar-refractivity contribution in [2.75, 3.05) is 0 Å². The van der Waals surface area contributed by atoms with Crippen LogP contribution in [0, 0.1) is 0 Å². The lowest BCUT2D eigenvalue weighted by Gasteiger charge is -2.12. The van der Waals surface area contributed by atoms with E-state index in [4.69, 9.17) is 9.15 Å². The number of aromatic nitrogens is 2. The first kappa shape index (κ1) is 21.0. The molecule has 0 amide bonds. The molecule has 35 heavy (non-hydrogen) atoms. The molecule has 0 aliphatic heterocycles. The second kappa shape index (κ2) is 8.36. The second-order valence-electron chi connectivity index (χ2n) is 8.58. The third-order valence-electron chi connectivity index (χ3n) is 6.40. The highest BCUT2D eigenvalue weighted by Gasteiger charge is 2.20. The van der Waals surface area contributed by atoms with E-state index in [0.717, 1.165) is 24.6 Å². The number of hydrogen-bond donors (Lipinski definition) is 0. The van der Waals surface area contributed by atoms with E-state index in [0.29, 0.717) is 27.6 Å². The van der Waals surface area contributed by atoms with Crippen molar-refractivity contribution in [1.29, 1.82) is 0 Å². The maximum absolute atomic E-state index is 13.2. The molecule has 2 aromatic heterocycles. The van der Waals surface area contributed by atoms with Gasteiger partial charge in [-0.05, 0) is 60.7 Å². The monoisotopic (exact) mass is 464 g/mol. The van der Waals surface area contributed by atoms with Gasteiger partial charge in [-0.15, -0.1) is 0 Å². The third kappa shape index (κ3) is 3.71. The molecule has 0 spiro atoms. The minimum Gasteiger partial charge on any atom is -0.456 e. The summed E-state index contributed by atoms with van der Waals surface area (Å²) in [6.07, 6.45) is 3.00. The maximum atomic E-state index is 13.2. The van der Waals surface area contributed by atoms with Crippen LogP contribution in [0.3, 0.4) is 0 Å². The van der Waals surface area contributed by atoms with Gasteiger partial charge in [0, 0.05) is 22.4 Å². The first-order valence-corrected chi connectivity index (χ1v) is 11.4. The van der Waals surface area contributed by atoms with Gasteiger partial charge in [-0.2, -0.15) is 9.78 Å². The van der Waals surface area contributed by atoms with Crippen LogP contribution in [-0.4, -0.2) is 15.7 Å². The summed E-state index contributed by atoms with van der Waals surface area (Å²) < 4.78 is 12.2. The number of para-hydroxylation sites is 1. The predicted molar refractivity (Wildman–Crippen MR) is 131 cm³/mol. The first-order valence-electron chi connectivity index (χ1n) is 11.4. The van der Waals surface area contributed by atoms with Crippen molar-refractivity contribution in [2.24, 2.45) is 0 Å². The molecule has 6 rings (SSSR count). The van der Waals surface area contributed by atoms with E-state index in [1.54, 1.807) is 48.5 Å². The minimum absolute atomic E-state index is 0.0252. The number of benzene rings is 3. The van der Waals surface area contributed by atoms with E-state index in [2.05, 4.69) is 5.10 Å². The van der Waals surface area contributed by atoms with Gasteiger partial charge in [0.2, 0.25) is 0 Å². The molecule has 0 saturated carbocycles. The van der Waals surface area contributed by atoms with Gasteiger partial charge in [0.1, 0.15) is 12.2 Å². The zero-order valence-corrected chi connectivity index (χ0v) is 18.7. The van der Waals surface area contributed by atoms with E-state index in [1.165, 1.54) is 21.9 Å². The van der Waals surface area contributed by atoms with E-state index in [-0.39, 0.29) is 17.9 Å². The van der Waals surface area contributed by atoms with Crippen molar-refractivity contribution in [3.63, 3.8) is 0 Å². The molecule has 0 N–H and O–H groups in total. The van der Waals surface area contributed by atoms with Crippen molar-refractivity contribution in [3.05, 3.63) is 116 Å². The van der Waals surface area contributed by atoms with Gasteiger partial charge in [0.05, 0.1) is 11.1 Å². The van der Waals surface area contributed by atoms with Crippen molar-refractivity contribution >= 4 is 27.7 Å². The maximum Gasteiger partial charge on any atom is 0.359 e. The average Bonchev–Trinajstić information content (AvgIpc) is 3.34. The number of carbonyl (C=O) groups excluding carboxylic acids is 1. The van der Waals surface area contributed by atoms with Crippen molar-refractivity contribution < 1.29 is 13.9 Å². The first-order chi connectivity index (χ1) is 17.1. The molecule has 2 heterocycles. The number of aryl methyl sites for hydroxylation is 2. The molecule has 0 atom stereocenters. The van der Waals surface area contributed by atoms with Crippen molar-refractivity contribution in [3.8, 4) is 5.69 Å². The fourth-order valence-corrected chi connectivity index (χ4v) is 4.71. The molecule has 0 bridgehead atoms. The molecular formula is C28H20N2O5. The summed E-state index contributed by atoms with van der Waals surface area (Å²) in [5.74, 6) is -0.687. The average molecular weight is 464 g/mol. The summed E-state index contributed by atoms with van der Waals surface area (Å²) in [6.45, 7) is -0.125. The van der Waals surface area contributed by atoms with E-state index in [9.17, 15) is 14.4 Å². The number of esters is 1. The topological polar surface area (TPSA) is 91.4 Å². The Bertz CT molecular complexity index is 1730. The summed E-state index contributed by atoms with van der Waals surface area (Å²) in [5, 5.41) is 5.88. The van der Waals surface area contributed by atoms with Gasteiger partial charge < -0.3 is 9.15 Å². The third-order valence-corrected chi connectivity index (χ3v) is 6.40. The van der Waals surface area contributed by atoms with Crippen LogP contribution in [0.4, 0.5) is 0 Å². The number of ether oxygens (including phenoxy) is 1. The van der Waals surface area contributed by atoms with Crippen LogP contribution in [0.1, 0.15) is 33.6 Å². The molecule has 5 aromatic rings. The highest BCUT2D eigenvalue weighted by atomic mass is 16.5. The molecule has 1 aliphatic carbocycles. The van der Waals surface area contributed by atoms with Crippen LogP contribution in [0.15, 0.2) is 86.8 Å².